The highest BCUT2D eigenvalue weighted by atomic mass is 32.1. The average molecular weight is 285 g/mol. The van der Waals surface area contributed by atoms with Crippen LogP contribution in [0, 0.1) is 4.77 Å². The SMILES string of the molecule is S=c1[nH]c2cccnc2n1CCCOc1ccccc1. The minimum absolute atomic E-state index is 0.658. The van der Waals surface area contributed by atoms with Gasteiger partial charge in [-0.25, -0.2) is 4.98 Å². The van der Waals surface area contributed by atoms with Crippen molar-refractivity contribution in [3.8, 4) is 5.75 Å². The standard InChI is InChI=1S/C15H15N3OS/c20-15-17-13-8-4-9-16-14(13)18(15)10-5-11-19-12-6-2-1-3-7-12/h1-4,6-9H,5,10-11H2,(H,17,20). The van der Waals surface area contributed by atoms with Crippen LogP contribution in [0.25, 0.3) is 11.2 Å². The molecule has 0 radical (unpaired) electrons. The molecular formula is C15H15N3OS. The maximum absolute atomic E-state index is 5.68. The van der Waals surface area contributed by atoms with Gasteiger partial charge in [-0.2, -0.15) is 0 Å². The van der Waals surface area contributed by atoms with Crippen LogP contribution in [0.5, 0.6) is 5.75 Å². The largest absolute Gasteiger partial charge is 0.494 e. The number of aromatic nitrogens is 3. The molecule has 2 aromatic heterocycles. The maximum atomic E-state index is 5.68. The molecule has 5 heteroatoms. The van der Waals surface area contributed by atoms with Gasteiger partial charge in [0.15, 0.2) is 10.4 Å². The van der Waals surface area contributed by atoms with Crippen molar-refractivity contribution in [1.29, 1.82) is 0 Å². The summed E-state index contributed by atoms with van der Waals surface area (Å²) in [4.78, 5) is 7.52. The zero-order chi connectivity index (χ0) is 13.8. The molecule has 0 unspecified atom stereocenters. The third-order valence-electron chi connectivity index (χ3n) is 3.07. The summed E-state index contributed by atoms with van der Waals surface area (Å²) in [5, 5.41) is 0. The quantitative estimate of drug-likeness (QED) is 0.575. The summed E-state index contributed by atoms with van der Waals surface area (Å²) >= 11 is 5.32. The van der Waals surface area contributed by atoms with Crippen LogP contribution in [0.2, 0.25) is 0 Å². The van der Waals surface area contributed by atoms with Crippen LogP contribution >= 0.6 is 12.2 Å². The summed E-state index contributed by atoms with van der Waals surface area (Å²) in [6.45, 7) is 1.45. The first-order valence-electron chi connectivity index (χ1n) is 6.56. The molecule has 0 atom stereocenters. The number of fused-ring (bicyclic) bond motifs is 1. The molecule has 0 aliphatic rings. The molecule has 0 aliphatic carbocycles. The van der Waals surface area contributed by atoms with Crippen LogP contribution in [0.4, 0.5) is 0 Å². The number of aromatic amines is 1. The molecule has 0 amide bonds. The van der Waals surface area contributed by atoms with Gasteiger partial charge in [-0.3, -0.25) is 0 Å². The Bertz CT molecular complexity index is 748. The van der Waals surface area contributed by atoms with Crippen molar-refractivity contribution in [2.75, 3.05) is 6.61 Å². The van der Waals surface area contributed by atoms with Crippen LogP contribution in [0.15, 0.2) is 48.7 Å². The van der Waals surface area contributed by atoms with E-state index in [1.807, 2.05) is 47.0 Å². The molecule has 1 aromatic carbocycles. The number of rotatable bonds is 5. The Morgan fingerprint density at radius 2 is 2.00 bits per heavy atom. The van der Waals surface area contributed by atoms with E-state index in [0.717, 1.165) is 29.9 Å². The highest BCUT2D eigenvalue weighted by molar-refractivity contribution is 7.71. The van der Waals surface area contributed by atoms with Gasteiger partial charge in [-0.15, -0.1) is 0 Å². The molecule has 0 fully saturated rings. The topological polar surface area (TPSA) is 42.8 Å². The van der Waals surface area contributed by atoms with Gasteiger partial charge in [0, 0.05) is 12.7 Å². The molecule has 0 spiro atoms. The number of benzene rings is 1. The van der Waals surface area contributed by atoms with Gasteiger partial charge >= 0.3 is 0 Å². The van der Waals surface area contributed by atoms with Crippen LogP contribution in [-0.2, 0) is 6.54 Å². The highest BCUT2D eigenvalue weighted by Gasteiger charge is 2.04. The summed E-state index contributed by atoms with van der Waals surface area (Å²) in [5.74, 6) is 0.896. The zero-order valence-electron chi connectivity index (χ0n) is 11.0. The molecule has 3 rings (SSSR count). The fourth-order valence-electron chi connectivity index (χ4n) is 2.13. The lowest BCUT2D eigenvalue weighted by Gasteiger charge is -2.06. The van der Waals surface area contributed by atoms with E-state index in [1.54, 1.807) is 6.20 Å². The Balaban J connectivity index is 1.63. The fourth-order valence-corrected chi connectivity index (χ4v) is 2.41. The highest BCUT2D eigenvalue weighted by Crippen LogP contribution is 2.12. The summed E-state index contributed by atoms with van der Waals surface area (Å²) in [7, 11) is 0. The van der Waals surface area contributed by atoms with E-state index in [-0.39, 0.29) is 0 Å². The molecule has 0 saturated heterocycles. The number of ether oxygens (including phenoxy) is 1. The zero-order valence-corrected chi connectivity index (χ0v) is 11.8. The van der Waals surface area contributed by atoms with Crippen LogP contribution in [-0.4, -0.2) is 21.1 Å². The Morgan fingerprint density at radius 1 is 1.15 bits per heavy atom. The van der Waals surface area contributed by atoms with Crippen molar-refractivity contribution in [1.82, 2.24) is 14.5 Å². The number of imidazole rings is 1. The monoisotopic (exact) mass is 285 g/mol. The second-order valence-corrected chi connectivity index (χ2v) is 4.86. The van der Waals surface area contributed by atoms with Crippen molar-refractivity contribution in [2.45, 2.75) is 13.0 Å². The number of hydrogen-bond donors (Lipinski definition) is 1. The molecule has 0 saturated carbocycles. The Hall–Kier alpha value is -2.14. The van der Waals surface area contributed by atoms with Gasteiger partial charge in [0.05, 0.1) is 12.1 Å². The normalized spacial score (nSPS) is 10.8. The van der Waals surface area contributed by atoms with E-state index < -0.39 is 0 Å². The minimum Gasteiger partial charge on any atom is -0.494 e. The molecular weight excluding hydrogens is 270 g/mol. The molecule has 3 aromatic rings. The number of pyridine rings is 1. The second kappa shape index (κ2) is 5.88. The van der Waals surface area contributed by atoms with Crippen molar-refractivity contribution in [3.63, 3.8) is 0 Å². The predicted octanol–water partition coefficient (Wildman–Crippen LogP) is 3.56. The van der Waals surface area contributed by atoms with Crippen LogP contribution in [0.3, 0.4) is 0 Å². The maximum Gasteiger partial charge on any atom is 0.179 e. The van der Waals surface area contributed by atoms with Gasteiger partial charge in [0.2, 0.25) is 0 Å². The van der Waals surface area contributed by atoms with Crippen LogP contribution in [0.1, 0.15) is 6.42 Å². The average Bonchev–Trinajstić information content (AvgIpc) is 2.80. The van der Waals surface area contributed by atoms with E-state index in [4.69, 9.17) is 17.0 Å². The summed E-state index contributed by atoms with van der Waals surface area (Å²) in [6.07, 6.45) is 2.66. The van der Waals surface area contributed by atoms with E-state index in [9.17, 15) is 0 Å². The van der Waals surface area contributed by atoms with Crippen molar-refractivity contribution in [3.05, 3.63) is 53.4 Å². The Kier molecular flexibility index (Phi) is 3.78. The first kappa shape index (κ1) is 12.9. The lowest BCUT2D eigenvalue weighted by molar-refractivity contribution is 0.302. The number of nitrogens with zero attached hydrogens (tertiary/aromatic N) is 2. The van der Waals surface area contributed by atoms with Gasteiger partial charge in [-0.1, -0.05) is 18.2 Å². The number of nitrogens with one attached hydrogen (secondary N) is 1. The number of hydrogen-bond acceptors (Lipinski definition) is 3. The molecule has 20 heavy (non-hydrogen) atoms. The molecule has 0 aliphatic heterocycles. The Morgan fingerprint density at radius 3 is 2.85 bits per heavy atom. The van der Waals surface area contributed by atoms with Gasteiger partial charge < -0.3 is 14.3 Å². The van der Waals surface area contributed by atoms with Crippen LogP contribution < -0.4 is 4.74 Å². The molecule has 2 heterocycles. The lowest BCUT2D eigenvalue weighted by atomic mass is 10.3. The molecule has 102 valence electrons. The second-order valence-electron chi connectivity index (χ2n) is 4.47. The summed E-state index contributed by atoms with van der Waals surface area (Å²) in [5.41, 5.74) is 1.87. The van der Waals surface area contributed by atoms with Crippen molar-refractivity contribution in [2.24, 2.45) is 0 Å². The van der Waals surface area contributed by atoms with Gasteiger partial charge in [-0.05, 0) is 42.9 Å². The predicted molar refractivity (Wildman–Crippen MR) is 81.5 cm³/mol. The molecule has 0 bridgehead atoms. The first-order valence-corrected chi connectivity index (χ1v) is 6.97. The summed E-state index contributed by atoms with van der Waals surface area (Å²) in [6, 6.07) is 13.7. The first-order chi connectivity index (χ1) is 9.84. The third kappa shape index (κ3) is 2.72. The molecule has 1 N–H and O–H groups in total. The number of aryl methyl sites for hydroxylation is 1. The van der Waals surface area contributed by atoms with Crippen molar-refractivity contribution >= 4 is 23.4 Å². The third-order valence-corrected chi connectivity index (χ3v) is 3.39. The van der Waals surface area contributed by atoms with E-state index in [2.05, 4.69) is 9.97 Å². The lowest BCUT2D eigenvalue weighted by Crippen LogP contribution is -2.05. The molecule has 4 nitrogen and oxygen atoms in total. The van der Waals surface area contributed by atoms with Crippen molar-refractivity contribution < 1.29 is 4.74 Å². The minimum atomic E-state index is 0.658. The van der Waals surface area contributed by atoms with Gasteiger partial charge in [0.25, 0.3) is 0 Å². The summed E-state index contributed by atoms with van der Waals surface area (Å²) < 4.78 is 8.40. The van der Waals surface area contributed by atoms with E-state index in [1.165, 1.54) is 0 Å². The van der Waals surface area contributed by atoms with E-state index >= 15 is 0 Å². The van der Waals surface area contributed by atoms with Gasteiger partial charge in [0.1, 0.15) is 5.75 Å². The number of H-pyrrole nitrogens is 1. The number of para-hydroxylation sites is 1. The van der Waals surface area contributed by atoms with E-state index in [0.29, 0.717) is 11.4 Å². The Labute approximate surface area is 122 Å². The fraction of sp³-hybridized carbons (Fsp3) is 0.200. The smallest absolute Gasteiger partial charge is 0.179 e.